The molecule has 7 nitrogen and oxygen atoms in total. The Kier molecular flexibility index (Phi) is 6.11. The predicted octanol–water partition coefficient (Wildman–Crippen LogP) is 2.95. The minimum absolute atomic E-state index is 0.0539. The summed E-state index contributed by atoms with van der Waals surface area (Å²) in [5.74, 6) is 0.0918. The van der Waals surface area contributed by atoms with Gasteiger partial charge in [0, 0.05) is 30.1 Å². The van der Waals surface area contributed by atoms with E-state index in [0.717, 1.165) is 36.8 Å². The first-order valence-electron chi connectivity index (χ1n) is 10.2. The van der Waals surface area contributed by atoms with Gasteiger partial charge in [0.1, 0.15) is 5.75 Å². The number of carbonyl (C=O) groups is 1. The van der Waals surface area contributed by atoms with Gasteiger partial charge in [-0.15, -0.1) is 0 Å². The number of piperidine rings is 1. The van der Waals surface area contributed by atoms with Crippen LogP contribution in [0.1, 0.15) is 18.4 Å². The molecule has 30 heavy (non-hydrogen) atoms. The maximum absolute atomic E-state index is 12.5. The molecule has 0 unspecified atom stereocenters. The zero-order valence-electron chi connectivity index (χ0n) is 16.7. The van der Waals surface area contributed by atoms with E-state index in [1.54, 1.807) is 24.4 Å². The fourth-order valence-corrected chi connectivity index (χ4v) is 3.87. The molecule has 7 heteroatoms. The Labute approximate surface area is 175 Å². The van der Waals surface area contributed by atoms with Crippen LogP contribution < -0.4 is 10.6 Å². The van der Waals surface area contributed by atoms with E-state index in [0.29, 0.717) is 23.5 Å². The third-order valence-electron chi connectivity index (χ3n) is 5.48. The lowest BCUT2D eigenvalue weighted by atomic mass is 10.0. The molecule has 0 bridgehead atoms. The summed E-state index contributed by atoms with van der Waals surface area (Å²) >= 11 is 0. The normalized spacial score (nSPS) is 15.2. The topological polar surface area (TPSA) is 97.7 Å². The van der Waals surface area contributed by atoms with Gasteiger partial charge in [-0.3, -0.25) is 14.7 Å². The number of aromatic nitrogens is 1. The lowest BCUT2D eigenvalue weighted by Gasteiger charge is -2.32. The van der Waals surface area contributed by atoms with Crippen LogP contribution in [0, 0.1) is 0 Å². The van der Waals surface area contributed by atoms with Crippen LogP contribution in [0.5, 0.6) is 5.75 Å². The third-order valence-corrected chi connectivity index (χ3v) is 5.48. The summed E-state index contributed by atoms with van der Waals surface area (Å²) < 4.78 is 0. The summed E-state index contributed by atoms with van der Waals surface area (Å²) in [6, 6.07) is 15.1. The number of amides is 1. The number of pyridine rings is 1. The molecule has 0 spiro atoms. The summed E-state index contributed by atoms with van der Waals surface area (Å²) in [7, 11) is 0. The van der Waals surface area contributed by atoms with Crippen molar-refractivity contribution in [3.63, 3.8) is 0 Å². The number of fused-ring (bicyclic) bond motifs is 1. The molecule has 1 aliphatic rings. The Hall–Kier alpha value is -3.16. The van der Waals surface area contributed by atoms with Crippen molar-refractivity contribution in [3.05, 3.63) is 60.3 Å². The molecule has 0 aliphatic carbocycles. The minimum Gasteiger partial charge on any atom is -0.506 e. The Balaban J connectivity index is 1.28. The average molecular weight is 406 g/mol. The predicted molar refractivity (Wildman–Crippen MR) is 117 cm³/mol. The van der Waals surface area contributed by atoms with Gasteiger partial charge in [-0.1, -0.05) is 30.3 Å². The van der Waals surface area contributed by atoms with Crippen molar-refractivity contribution >= 4 is 28.2 Å². The highest BCUT2D eigenvalue weighted by molar-refractivity contribution is 5.94. The van der Waals surface area contributed by atoms with E-state index >= 15 is 0 Å². The summed E-state index contributed by atoms with van der Waals surface area (Å²) in [5.41, 5.74) is 2.88. The van der Waals surface area contributed by atoms with Gasteiger partial charge in [0.25, 0.3) is 0 Å². The zero-order chi connectivity index (χ0) is 20.9. The molecule has 1 saturated heterocycles. The Morgan fingerprint density at radius 2 is 1.93 bits per heavy atom. The smallest absolute Gasteiger partial charge is 0.238 e. The molecule has 1 amide bonds. The number of likely N-dealkylation sites (tertiary alicyclic amines) is 1. The highest BCUT2D eigenvalue weighted by Crippen LogP contribution is 2.29. The molecule has 4 N–H and O–H groups in total. The van der Waals surface area contributed by atoms with Gasteiger partial charge in [0.15, 0.2) is 0 Å². The highest BCUT2D eigenvalue weighted by Gasteiger charge is 2.22. The number of hydrogen-bond donors (Lipinski definition) is 4. The van der Waals surface area contributed by atoms with Gasteiger partial charge in [-0.05, 0) is 31.0 Å². The number of para-hydroxylation sites is 2. The van der Waals surface area contributed by atoms with Gasteiger partial charge >= 0.3 is 0 Å². The summed E-state index contributed by atoms with van der Waals surface area (Å²) in [6.07, 6.45) is 3.38. The molecule has 1 aromatic heterocycles. The molecule has 2 heterocycles. The summed E-state index contributed by atoms with van der Waals surface area (Å²) in [4.78, 5) is 19.0. The molecular formula is C23H26N4O3. The fourth-order valence-electron chi connectivity index (χ4n) is 3.87. The van der Waals surface area contributed by atoms with E-state index in [1.165, 1.54) is 0 Å². The van der Waals surface area contributed by atoms with Crippen LogP contribution in [0.2, 0.25) is 0 Å². The first-order chi connectivity index (χ1) is 14.6. The van der Waals surface area contributed by atoms with Crippen LogP contribution >= 0.6 is 0 Å². The number of nitrogens with one attached hydrogen (secondary N) is 2. The highest BCUT2D eigenvalue weighted by atomic mass is 16.3. The molecule has 1 aliphatic heterocycles. The van der Waals surface area contributed by atoms with Crippen molar-refractivity contribution in [3.8, 4) is 5.75 Å². The second kappa shape index (κ2) is 9.11. The van der Waals surface area contributed by atoms with Crippen LogP contribution in [0.25, 0.3) is 10.9 Å². The van der Waals surface area contributed by atoms with Crippen molar-refractivity contribution in [2.24, 2.45) is 0 Å². The molecular weight excluding hydrogens is 380 g/mol. The molecule has 156 valence electrons. The monoisotopic (exact) mass is 406 g/mol. The van der Waals surface area contributed by atoms with Crippen molar-refractivity contribution in [2.75, 3.05) is 30.3 Å². The lowest BCUT2D eigenvalue weighted by molar-refractivity contribution is -0.117. The number of anilines is 2. The van der Waals surface area contributed by atoms with Gasteiger partial charge < -0.3 is 20.8 Å². The van der Waals surface area contributed by atoms with Gasteiger partial charge in [0.2, 0.25) is 5.91 Å². The first-order valence-corrected chi connectivity index (χ1v) is 10.2. The Bertz CT molecular complexity index is 1030. The molecule has 0 atom stereocenters. The van der Waals surface area contributed by atoms with Gasteiger partial charge in [-0.2, -0.15) is 0 Å². The largest absolute Gasteiger partial charge is 0.506 e. The zero-order valence-corrected chi connectivity index (χ0v) is 16.7. The molecule has 2 aromatic carbocycles. The van der Waals surface area contributed by atoms with Crippen LogP contribution in [0.3, 0.4) is 0 Å². The molecule has 3 aromatic rings. The Morgan fingerprint density at radius 1 is 1.13 bits per heavy atom. The van der Waals surface area contributed by atoms with E-state index < -0.39 is 0 Å². The summed E-state index contributed by atoms with van der Waals surface area (Å²) in [6.45, 7) is 1.77. The number of hydrogen-bond acceptors (Lipinski definition) is 6. The lowest BCUT2D eigenvalue weighted by Crippen LogP contribution is -2.42. The second-order valence-electron chi connectivity index (χ2n) is 7.63. The summed E-state index contributed by atoms with van der Waals surface area (Å²) in [5, 5.41) is 26.9. The van der Waals surface area contributed by atoms with E-state index in [4.69, 9.17) is 0 Å². The van der Waals surface area contributed by atoms with Gasteiger partial charge in [0.05, 0.1) is 36.2 Å². The van der Waals surface area contributed by atoms with Crippen molar-refractivity contribution in [1.29, 1.82) is 0 Å². The second-order valence-corrected chi connectivity index (χ2v) is 7.63. The van der Waals surface area contributed by atoms with E-state index in [2.05, 4.69) is 20.5 Å². The molecule has 0 saturated carbocycles. The number of phenols is 1. The van der Waals surface area contributed by atoms with Crippen LogP contribution in [-0.2, 0) is 11.4 Å². The number of benzene rings is 2. The van der Waals surface area contributed by atoms with Crippen LogP contribution in [0.4, 0.5) is 11.4 Å². The van der Waals surface area contributed by atoms with E-state index in [1.807, 2.05) is 30.3 Å². The average Bonchev–Trinajstić information content (AvgIpc) is 2.76. The quantitative estimate of drug-likeness (QED) is 0.470. The fraction of sp³-hybridized carbons (Fsp3) is 0.304. The number of phenolic OH excluding ortho intramolecular Hbond substituents is 1. The number of aliphatic hydroxyl groups excluding tert-OH is 1. The Morgan fingerprint density at radius 3 is 2.73 bits per heavy atom. The standard InChI is InChI=1S/C23H26N4O3/c28-15-17-5-3-7-21(29)23(17)26-18-8-10-27(11-9-18)14-22(30)25-19-12-16-4-1-2-6-20(16)24-13-19/h1-7,12-13,18,26,28-29H,8-11,14-15H2,(H,25,30). The SMILES string of the molecule is O=C(CN1CCC(Nc2c(O)cccc2CO)CC1)Nc1cnc2ccccc2c1. The molecule has 4 rings (SSSR count). The minimum atomic E-state index is -0.126. The third kappa shape index (κ3) is 4.69. The number of nitrogens with zero attached hydrogens (tertiary/aromatic N) is 2. The maximum Gasteiger partial charge on any atom is 0.238 e. The van der Waals surface area contributed by atoms with Crippen LogP contribution in [-0.4, -0.2) is 51.7 Å². The van der Waals surface area contributed by atoms with Crippen molar-refractivity contribution < 1.29 is 15.0 Å². The van der Waals surface area contributed by atoms with Crippen molar-refractivity contribution in [2.45, 2.75) is 25.5 Å². The number of aliphatic hydroxyl groups is 1. The first kappa shape index (κ1) is 20.1. The molecule has 1 fully saturated rings. The van der Waals surface area contributed by atoms with Crippen LogP contribution in [0.15, 0.2) is 54.7 Å². The number of rotatable bonds is 6. The molecule has 0 radical (unpaired) electrons. The van der Waals surface area contributed by atoms with E-state index in [-0.39, 0.29) is 24.3 Å². The number of carbonyl (C=O) groups excluding carboxylic acids is 1. The van der Waals surface area contributed by atoms with E-state index in [9.17, 15) is 15.0 Å². The van der Waals surface area contributed by atoms with Crippen molar-refractivity contribution in [1.82, 2.24) is 9.88 Å². The van der Waals surface area contributed by atoms with Gasteiger partial charge in [-0.25, -0.2) is 0 Å². The number of aromatic hydroxyl groups is 1. The maximum atomic E-state index is 12.5.